The molecule has 5 nitrogen and oxygen atoms in total. The molecule has 190 valence electrons. The van der Waals surface area contributed by atoms with Gasteiger partial charge in [-0.05, 0) is 73.7 Å². The molecule has 0 radical (unpaired) electrons. The number of aliphatic hydroxyl groups excluding tert-OH is 1. The first-order valence-electron chi connectivity index (χ1n) is 12.8. The summed E-state index contributed by atoms with van der Waals surface area (Å²) in [5, 5.41) is 11.2. The lowest BCUT2D eigenvalue weighted by atomic mass is 10.0. The summed E-state index contributed by atoms with van der Waals surface area (Å²) in [6.45, 7) is 6.69. The molecule has 2 aromatic heterocycles. The molecule has 0 fully saturated rings. The van der Waals surface area contributed by atoms with Gasteiger partial charge in [0.25, 0.3) is 0 Å². The van der Waals surface area contributed by atoms with E-state index in [1.807, 2.05) is 72.9 Å². The quantitative estimate of drug-likeness (QED) is 0.223. The zero-order valence-corrected chi connectivity index (χ0v) is 21.7. The van der Waals surface area contributed by atoms with Crippen LogP contribution in [0.1, 0.15) is 43.1 Å². The number of fused-ring (bicyclic) bond motifs is 2. The van der Waals surface area contributed by atoms with E-state index in [2.05, 4.69) is 35.9 Å². The van der Waals surface area contributed by atoms with E-state index in [-0.39, 0.29) is 12.4 Å². The second-order valence-corrected chi connectivity index (χ2v) is 9.35. The number of aliphatic hydroxyl groups is 1. The molecule has 0 aliphatic heterocycles. The fraction of sp³-hybridized carbons (Fsp3) is 0.250. The Morgan fingerprint density at radius 2 is 1.70 bits per heavy atom. The van der Waals surface area contributed by atoms with E-state index in [0.29, 0.717) is 18.1 Å². The van der Waals surface area contributed by atoms with Gasteiger partial charge in [-0.3, -0.25) is 4.79 Å². The van der Waals surface area contributed by atoms with Crippen LogP contribution in [0.25, 0.3) is 33.1 Å². The number of para-hydroxylation sites is 2. The first-order valence-corrected chi connectivity index (χ1v) is 12.8. The lowest BCUT2D eigenvalue weighted by Gasteiger charge is -2.09. The van der Waals surface area contributed by atoms with Gasteiger partial charge in [-0.25, -0.2) is 4.98 Å². The smallest absolute Gasteiger partial charge is 0.160 e. The number of ketones is 1. The largest absolute Gasteiger partial charge is 0.494 e. The van der Waals surface area contributed by atoms with Gasteiger partial charge in [-0.15, -0.1) is 0 Å². The maximum Gasteiger partial charge on any atom is 0.160 e. The van der Waals surface area contributed by atoms with Gasteiger partial charge in [-0.2, -0.15) is 0 Å². The molecule has 3 aromatic carbocycles. The number of nitrogens with zero attached hydrogens (tertiary/aromatic N) is 1. The number of Topliss-reactive ketones (excluding diaryl/α,β-unsaturated/α-hetero) is 1. The minimum Gasteiger partial charge on any atom is -0.494 e. The molecule has 2 N–H and O–H groups in total. The Hall–Kier alpha value is -3.96. The van der Waals surface area contributed by atoms with Gasteiger partial charge in [-0.1, -0.05) is 50.2 Å². The Labute approximate surface area is 218 Å². The van der Waals surface area contributed by atoms with Crippen molar-refractivity contribution in [2.45, 2.75) is 33.6 Å². The highest BCUT2D eigenvalue weighted by Gasteiger charge is 2.11. The number of pyridine rings is 1. The maximum absolute atomic E-state index is 12.0. The predicted molar refractivity (Wildman–Crippen MR) is 151 cm³/mol. The molecule has 2 heterocycles. The Balaban J connectivity index is 0.000000195. The van der Waals surface area contributed by atoms with Crippen molar-refractivity contribution in [3.05, 3.63) is 96.2 Å². The highest BCUT2D eigenvalue weighted by atomic mass is 16.5. The number of rotatable bonds is 8. The van der Waals surface area contributed by atoms with Crippen molar-refractivity contribution in [2.75, 3.05) is 13.2 Å². The minimum atomic E-state index is 0.0488. The predicted octanol–water partition coefficient (Wildman–Crippen LogP) is 7.23. The molecule has 1 unspecified atom stereocenters. The minimum absolute atomic E-state index is 0.0488. The van der Waals surface area contributed by atoms with Crippen LogP contribution in [-0.2, 0) is 6.42 Å². The lowest BCUT2D eigenvalue weighted by molar-refractivity contribution is 0.101. The number of H-pyrrole nitrogens is 1. The molecule has 5 heteroatoms. The van der Waals surface area contributed by atoms with E-state index in [1.54, 1.807) is 6.92 Å². The molecule has 5 rings (SSSR count). The molecule has 0 spiro atoms. The molecule has 0 aliphatic carbocycles. The molecular weight excluding hydrogens is 460 g/mol. The summed E-state index contributed by atoms with van der Waals surface area (Å²) in [6.07, 6.45) is 3.95. The number of benzene rings is 3. The third-order valence-corrected chi connectivity index (χ3v) is 6.27. The number of ether oxygens (including phenoxy) is 1. The first-order chi connectivity index (χ1) is 18.0. The van der Waals surface area contributed by atoms with Gasteiger partial charge < -0.3 is 14.8 Å². The van der Waals surface area contributed by atoms with Crippen molar-refractivity contribution >= 4 is 27.6 Å². The fourth-order valence-corrected chi connectivity index (χ4v) is 4.30. The Morgan fingerprint density at radius 1 is 1.00 bits per heavy atom. The summed E-state index contributed by atoms with van der Waals surface area (Å²) in [4.78, 5) is 19.9. The number of nitrogens with one attached hydrogen (secondary N) is 1. The van der Waals surface area contributed by atoms with E-state index in [4.69, 9.17) is 9.84 Å². The van der Waals surface area contributed by atoms with Gasteiger partial charge in [0.1, 0.15) is 5.75 Å². The van der Waals surface area contributed by atoms with Crippen molar-refractivity contribution in [1.82, 2.24) is 9.97 Å². The van der Waals surface area contributed by atoms with Gasteiger partial charge in [0.05, 0.1) is 17.8 Å². The third-order valence-electron chi connectivity index (χ3n) is 6.27. The number of carbonyl (C=O) groups excluding carboxylic acids is 1. The highest BCUT2D eigenvalue weighted by Crippen LogP contribution is 2.27. The van der Waals surface area contributed by atoms with Crippen LogP contribution in [0.2, 0.25) is 0 Å². The van der Waals surface area contributed by atoms with Crippen LogP contribution in [0.4, 0.5) is 0 Å². The maximum atomic E-state index is 12.0. The van der Waals surface area contributed by atoms with E-state index < -0.39 is 0 Å². The van der Waals surface area contributed by atoms with E-state index in [1.165, 1.54) is 16.5 Å². The number of hydrogen-bond donors (Lipinski definition) is 2. The monoisotopic (exact) mass is 494 g/mol. The van der Waals surface area contributed by atoms with Gasteiger partial charge in [0.2, 0.25) is 0 Å². The Bertz CT molecular complexity index is 1470. The average Bonchev–Trinajstić information content (AvgIpc) is 3.34. The second-order valence-electron chi connectivity index (χ2n) is 9.35. The molecule has 37 heavy (non-hydrogen) atoms. The van der Waals surface area contributed by atoms with Crippen molar-refractivity contribution < 1.29 is 14.6 Å². The lowest BCUT2D eigenvalue weighted by Crippen LogP contribution is -2.03. The first kappa shape index (κ1) is 26.1. The summed E-state index contributed by atoms with van der Waals surface area (Å²) >= 11 is 0. The van der Waals surface area contributed by atoms with Crippen LogP contribution in [0.3, 0.4) is 0 Å². The number of aromatic nitrogens is 2. The van der Waals surface area contributed by atoms with Crippen molar-refractivity contribution in [2.24, 2.45) is 5.92 Å². The zero-order valence-electron chi connectivity index (χ0n) is 21.7. The number of aromatic amines is 1. The summed E-state index contributed by atoms with van der Waals surface area (Å²) in [7, 11) is 0. The summed E-state index contributed by atoms with van der Waals surface area (Å²) < 4.78 is 5.60. The molecule has 0 amide bonds. The topological polar surface area (TPSA) is 75.2 Å². The molecule has 0 saturated carbocycles. The SMILES string of the molecule is CC(CO)Cc1c[nH]c2ccccc12.CCCOc1ccc(-c2cc(C(C)=O)c3ccccc3n2)cc1. The van der Waals surface area contributed by atoms with Crippen molar-refractivity contribution in [3.63, 3.8) is 0 Å². The molecule has 0 bridgehead atoms. The van der Waals surface area contributed by atoms with Crippen LogP contribution in [0.5, 0.6) is 5.75 Å². The fourth-order valence-electron chi connectivity index (χ4n) is 4.30. The normalized spacial score (nSPS) is 11.7. The standard InChI is InChI=1S/C20H19NO2.C12H15NO/c1-3-12-23-16-10-8-15(9-11-16)20-13-18(14(2)22)17-6-4-5-7-19(17)21-20;1-9(8-14)6-10-7-13-12-5-3-2-4-11(10)12/h4-11,13H,3,12H2,1-2H3;2-5,7,9,13-14H,6,8H2,1H3. The Kier molecular flexibility index (Phi) is 8.70. The molecule has 0 aliphatic rings. The van der Waals surface area contributed by atoms with E-state index in [9.17, 15) is 4.79 Å². The van der Waals surface area contributed by atoms with E-state index >= 15 is 0 Å². The van der Waals surface area contributed by atoms with Gasteiger partial charge in [0, 0.05) is 40.2 Å². The van der Waals surface area contributed by atoms with Gasteiger partial charge in [0.15, 0.2) is 5.78 Å². The summed E-state index contributed by atoms with van der Waals surface area (Å²) in [5.41, 5.74) is 5.78. The third kappa shape index (κ3) is 6.43. The average molecular weight is 495 g/mol. The Morgan fingerprint density at radius 3 is 2.41 bits per heavy atom. The highest BCUT2D eigenvalue weighted by molar-refractivity contribution is 6.07. The zero-order chi connectivity index (χ0) is 26.2. The summed E-state index contributed by atoms with van der Waals surface area (Å²) in [6, 6.07) is 25.7. The van der Waals surface area contributed by atoms with Gasteiger partial charge >= 0.3 is 0 Å². The number of carbonyl (C=O) groups is 1. The molecule has 0 saturated heterocycles. The van der Waals surface area contributed by atoms with Crippen LogP contribution in [0, 0.1) is 5.92 Å². The molecule has 1 atom stereocenters. The number of hydrogen-bond acceptors (Lipinski definition) is 4. The molecule has 5 aromatic rings. The molecular formula is C32H34N2O3. The van der Waals surface area contributed by atoms with Crippen LogP contribution >= 0.6 is 0 Å². The van der Waals surface area contributed by atoms with Crippen LogP contribution < -0.4 is 4.74 Å². The second kappa shape index (κ2) is 12.3. The van der Waals surface area contributed by atoms with Crippen molar-refractivity contribution in [1.29, 1.82) is 0 Å². The van der Waals surface area contributed by atoms with Crippen molar-refractivity contribution in [3.8, 4) is 17.0 Å². The van der Waals surface area contributed by atoms with Crippen LogP contribution in [0.15, 0.2) is 85.1 Å². The van der Waals surface area contributed by atoms with E-state index in [0.717, 1.165) is 40.8 Å². The van der Waals surface area contributed by atoms with Crippen LogP contribution in [-0.4, -0.2) is 34.1 Å². The summed E-state index contributed by atoms with van der Waals surface area (Å²) in [5.74, 6) is 1.23.